The van der Waals surface area contributed by atoms with Crippen molar-refractivity contribution in [3.05, 3.63) is 47.5 Å². The highest BCUT2D eigenvalue weighted by Gasteiger charge is 2.29. The Morgan fingerprint density at radius 3 is 2.18 bits per heavy atom. The minimum atomic E-state index is -3.68. The van der Waals surface area contributed by atoms with E-state index in [0.717, 1.165) is 21.7 Å². The molecule has 0 heterocycles. The summed E-state index contributed by atoms with van der Waals surface area (Å²) in [6.07, 6.45) is 1.09. The molecule has 0 aliphatic heterocycles. The number of benzene rings is 2. The van der Waals surface area contributed by atoms with Gasteiger partial charge in [-0.1, -0.05) is 6.07 Å². The number of rotatable bonds is 7. The maximum absolute atomic E-state index is 12.8. The molecule has 8 heteroatoms. The normalized spacial score (nSPS) is 12.2. The molecular weight excluding hydrogens is 380 g/mol. The van der Waals surface area contributed by atoms with Gasteiger partial charge in [-0.2, -0.15) is 0 Å². The summed E-state index contributed by atoms with van der Waals surface area (Å²) in [5.41, 5.74) is 2.90. The third-order valence-corrected chi connectivity index (χ3v) is 5.73. The van der Waals surface area contributed by atoms with Crippen LogP contribution in [0.25, 0.3) is 0 Å². The Bertz CT molecular complexity index is 973. The van der Waals surface area contributed by atoms with E-state index in [1.165, 1.54) is 14.2 Å². The first-order chi connectivity index (χ1) is 13.1. The van der Waals surface area contributed by atoms with Crippen LogP contribution in [0.5, 0.6) is 11.5 Å². The predicted molar refractivity (Wildman–Crippen MR) is 111 cm³/mol. The van der Waals surface area contributed by atoms with Gasteiger partial charge in [-0.25, -0.2) is 8.42 Å². The largest absolute Gasteiger partial charge is 0.493 e. The quantitative estimate of drug-likeness (QED) is 0.764. The second-order valence-electron chi connectivity index (χ2n) is 6.56. The van der Waals surface area contributed by atoms with Gasteiger partial charge in [0.1, 0.15) is 6.04 Å². The highest BCUT2D eigenvalue weighted by molar-refractivity contribution is 7.92. The molecule has 2 aromatic carbocycles. The van der Waals surface area contributed by atoms with Crippen molar-refractivity contribution in [2.45, 2.75) is 26.8 Å². The molecule has 1 atom stereocenters. The number of carbonyl (C=O) groups is 1. The van der Waals surface area contributed by atoms with E-state index in [-0.39, 0.29) is 0 Å². The van der Waals surface area contributed by atoms with Crippen molar-refractivity contribution in [2.24, 2.45) is 0 Å². The maximum atomic E-state index is 12.8. The molecule has 0 saturated heterocycles. The second-order valence-corrected chi connectivity index (χ2v) is 8.42. The zero-order chi connectivity index (χ0) is 21.1. The third kappa shape index (κ3) is 4.75. The minimum absolute atomic E-state index is 0.445. The van der Waals surface area contributed by atoms with Crippen molar-refractivity contribution in [3.63, 3.8) is 0 Å². The fraction of sp³-hybridized carbons (Fsp3) is 0.350. The van der Waals surface area contributed by atoms with Crippen LogP contribution in [0.3, 0.4) is 0 Å². The first-order valence-corrected chi connectivity index (χ1v) is 10.5. The van der Waals surface area contributed by atoms with E-state index in [1.807, 2.05) is 19.9 Å². The molecule has 152 valence electrons. The smallest absolute Gasteiger partial charge is 0.247 e. The van der Waals surface area contributed by atoms with Crippen molar-refractivity contribution in [3.8, 4) is 11.5 Å². The monoisotopic (exact) mass is 406 g/mol. The summed E-state index contributed by atoms with van der Waals surface area (Å²) in [5, 5.41) is 2.74. The lowest BCUT2D eigenvalue weighted by atomic mass is 10.1. The lowest BCUT2D eigenvalue weighted by Crippen LogP contribution is -2.45. The third-order valence-electron chi connectivity index (χ3n) is 4.48. The fourth-order valence-corrected chi connectivity index (χ4v) is 4.00. The number of nitrogens with zero attached hydrogens (tertiary/aromatic N) is 1. The van der Waals surface area contributed by atoms with Crippen molar-refractivity contribution < 1.29 is 22.7 Å². The Kier molecular flexibility index (Phi) is 6.56. The van der Waals surface area contributed by atoms with Gasteiger partial charge in [0.25, 0.3) is 0 Å². The van der Waals surface area contributed by atoms with Gasteiger partial charge >= 0.3 is 0 Å². The van der Waals surface area contributed by atoms with Gasteiger partial charge in [0.2, 0.25) is 15.9 Å². The standard InChI is InChI=1S/C20H26N2O5S/c1-13-7-9-17(11-14(13)2)22(28(6,24)25)15(3)20(23)21-16-8-10-18(26-4)19(12-16)27-5/h7-12,15H,1-6H3,(H,21,23). The molecule has 0 radical (unpaired) electrons. The molecule has 1 N–H and O–H groups in total. The molecule has 2 aromatic rings. The minimum Gasteiger partial charge on any atom is -0.493 e. The number of ether oxygens (including phenoxy) is 2. The van der Waals surface area contributed by atoms with Crippen LogP contribution in [0.1, 0.15) is 18.1 Å². The van der Waals surface area contributed by atoms with Gasteiger partial charge in [0.15, 0.2) is 11.5 Å². The molecule has 2 rings (SSSR count). The topological polar surface area (TPSA) is 84.9 Å². The SMILES string of the molecule is COc1ccc(NC(=O)C(C)N(c2ccc(C)c(C)c2)S(C)(=O)=O)cc1OC. The zero-order valence-electron chi connectivity index (χ0n) is 16.9. The second kappa shape index (κ2) is 8.52. The zero-order valence-corrected chi connectivity index (χ0v) is 17.8. The van der Waals surface area contributed by atoms with Crippen LogP contribution in [0.15, 0.2) is 36.4 Å². The Balaban J connectivity index is 2.33. The van der Waals surface area contributed by atoms with E-state index < -0.39 is 22.0 Å². The van der Waals surface area contributed by atoms with Crippen LogP contribution >= 0.6 is 0 Å². The first-order valence-electron chi connectivity index (χ1n) is 8.68. The van der Waals surface area contributed by atoms with Crippen molar-refractivity contribution in [2.75, 3.05) is 30.1 Å². The Hall–Kier alpha value is -2.74. The highest BCUT2D eigenvalue weighted by Crippen LogP contribution is 2.30. The van der Waals surface area contributed by atoms with E-state index in [1.54, 1.807) is 37.3 Å². The van der Waals surface area contributed by atoms with Crippen LogP contribution in [0.2, 0.25) is 0 Å². The summed E-state index contributed by atoms with van der Waals surface area (Å²) in [6.45, 7) is 5.39. The van der Waals surface area contributed by atoms with Crippen molar-refractivity contribution >= 4 is 27.3 Å². The van der Waals surface area contributed by atoms with Crippen molar-refractivity contribution in [1.82, 2.24) is 0 Å². The summed E-state index contributed by atoms with van der Waals surface area (Å²) in [5.74, 6) is 0.527. The number of nitrogens with one attached hydrogen (secondary N) is 1. The van der Waals surface area contributed by atoms with E-state index in [2.05, 4.69) is 5.32 Å². The van der Waals surface area contributed by atoms with Gasteiger partial charge in [0, 0.05) is 11.8 Å². The van der Waals surface area contributed by atoms with Crippen LogP contribution in [-0.4, -0.2) is 40.8 Å². The summed E-state index contributed by atoms with van der Waals surface area (Å²) in [7, 11) is -0.663. The summed E-state index contributed by atoms with van der Waals surface area (Å²) >= 11 is 0. The lowest BCUT2D eigenvalue weighted by Gasteiger charge is -2.28. The number of hydrogen-bond acceptors (Lipinski definition) is 5. The number of hydrogen-bond donors (Lipinski definition) is 1. The van der Waals surface area contributed by atoms with Gasteiger partial charge in [0.05, 0.1) is 26.2 Å². The highest BCUT2D eigenvalue weighted by atomic mass is 32.2. The summed E-state index contributed by atoms with van der Waals surface area (Å²) in [6, 6.07) is 9.28. The number of aryl methyl sites for hydroxylation is 2. The Morgan fingerprint density at radius 2 is 1.64 bits per heavy atom. The average Bonchev–Trinajstić information content (AvgIpc) is 2.63. The van der Waals surface area contributed by atoms with Crippen LogP contribution in [-0.2, 0) is 14.8 Å². The molecule has 0 aliphatic carbocycles. The first kappa shape index (κ1) is 21.6. The van der Waals surface area contributed by atoms with Gasteiger partial charge in [-0.3, -0.25) is 9.10 Å². The average molecular weight is 407 g/mol. The number of carbonyl (C=O) groups excluding carboxylic acids is 1. The Labute approximate surface area is 166 Å². The van der Waals surface area contributed by atoms with E-state index in [4.69, 9.17) is 9.47 Å². The molecule has 1 unspecified atom stereocenters. The molecule has 28 heavy (non-hydrogen) atoms. The van der Waals surface area contributed by atoms with Crippen LogP contribution in [0, 0.1) is 13.8 Å². The Morgan fingerprint density at radius 1 is 1.00 bits per heavy atom. The molecule has 0 fully saturated rings. The van der Waals surface area contributed by atoms with Gasteiger partial charge < -0.3 is 14.8 Å². The van der Waals surface area contributed by atoms with Gasteiger partial charge in [-0.05, 0) is 56.2 Å². The molecule has 0 saturated carbocycles. The molecule has 0 aromatic heterocycles. The van der Waals surface area contributed by atoms with Crippen LogP contribution in [0.4, 0.5) is 11.4 Å². The number of methoxy groups -OCH3 is 2. The fourth-order valence-electron chi connectivity index (χ4n) is 2.83. The van der Waals surface area contributed by atoms with Crippen LogP contribution < -0.4 is 19.1 Å². The number of sulfonamides is 1. The van der Waals surface area contributed by atoms with Crippen molar-refractivity contribution in [1.29, 1.82) is 0 Å². The molecule has 1 amide bonds. The molecule has 0 bridgehead atoms. The van der Waals surface area contributed by atoms with E-state index >= 15 is 0 Å². The van der Waals surface area contributed by atoms with Gasteiger partial charge in [-0.15, -0.1) is 0 Å². The number of anilines is 2. The van der Waals surface area contributed by atoms with E-state index in [0.29, 0.717) is 22.9 Å². The summed E-state index contributed by atoms with van der Waals surface area (Å²) in [4.78, 5) is 12.8. The number of amides is 1. The molecule has 0 spiro atoms. The molecule has 7 nitrogen and oxygen atoms in total. The lowest BCUT2D eigenvalue weighted by molar-refractivity contribution is -0.116. The molecular formula is C20H26N2O5S. The summed E-state index contributed by atoms with van der Waals surface area (Å²) < 4.78 is 36.4. The maximum Gasteiger partial charge on any atom is 0.247 e. The predicted octanol–water partition coefficient (Wildman–Crippen LogP) is 3.11. The van der Waals surface area contributed by atoms with E-state index in [9.17, 15) is 13.2 Å². The molecule has 0 aliphatic rings.